The Balaban J connectivity index is 2.13. The molecule has 1 aromatic heterocycles. The highest BCUT2D eigenvalue weighted by atomic mass is 16.3. The Kier molecular flexibility index (Phi) is 2.83. The van der Waals surface area contributed by atoms with Crippen molar-refractivity contribution in [3.63, 3.8) is 0 Å². The molecule has 1 N–H and O–H groups in total. The van der Waals surface area contributed by atoms with Gasteiger partial charge in [0.05, 0.1) is 0 Å². The SMILES string of the molecule is CCC1CCC(O)(c2nccn2C)CC1. The molecule has 3 heteroatoms. The molecule has 1 aliphatic carbocycles. The molecule has 1 heterocycles. The Morgan fingerprint density at radius 1 is 1.53 bits per heavy atom. The quantitative estimate of drug-likeness (QED) is 0.809. The van der Waals surface area contributed by atoms with Crippen molar-refractivity contribution in [1.82, 2.24) is 9.55 Å². The summed E-state index contributed by atoms with van der Waals surface area (Å²) < 4.78 is 1.94. The Hall–Kier alpha value is -0.830. The topological polar surface area (TPSA) is 38.1 Å². The monoisotopic (exact) mass is 208 g/mol. The Morgan fingerprint density at radius 2 is 2.20 bits per heavy atom. The molecule has 1 aromatic rings. The summed E-state index contributed by atoms with van der Waals surface area (Å²) in [6.07, 6.45) is 8.86. The summed E-state index contributed by atoms with van der Waals surface area (Å²) in [6, 6.07) is 0. The molecule has 0 unspecified atom stereocenters. The maximum atomic E-state index is 10.5. The van der Waals surface area contributed by atoms with Gasteiger partial charge in [0.15, 0.2) is 0 Å². The van der Waals surface area contributed by atoms with Gasteiger partial charge in [-0.1, -0.05) is 13.3 Å². The summed E-state index contributed by atoms with van der Waals surface area (Å²) in [4.78, 5) is 4.28. The maximum absolute atomic E-state index is 10.5. The van der Waals surface area contributed by atoms with Crippen molar-refractivity contribution in [2.75, 3.05) is 0 Å². The van der Waals surface area contributed by atoms with Crippen LogP contribution in [0, 0.1) is 5.92 Å². The molecule has 1 fully saturated rings. The summed E-state index contributed by atoms with van der Waals surface area (Å²) in [5.74, 6) is 1.63. The van der Waals surface area contributed by atoms with Gasteiger partial charge in [0.1, 0.15) is 11.4 Å². The fraction of sp³-hybridized carbons (Fsp3) is 0.750. The molecule has 0 bridgehead atoms. The second-order valence-corrected chi connectivity index (χ2v) is 4.74. The molecule has 2 rings (SSSR count). The van der Waals surface area contributed by atoms with Gasteiger partial charge in [-0.2, -0.15) is 0 Å². The number of aliphatic hydroxyl groups is 1. The van der Waals surface area contributed by atoms with Crippen molar-refractivity contribution in [2.45, 2.75) is 44.6 Å². The first kappa shape index (κ1) is 10.7. The summed E-state index contributed by atoms with van der Waals surface area (Å²) in [7, 11) is 1.95. The minimum absolute atomic E-state index is 0.677. The van der Waals surface area contributed by atoms with E-state index in [-0.39, 0.29) is 0 Å². The number of hydrogen-bond acceptors (Lipinski definition) is 2. The van der Waals surface area contributed by atoms with Gasteiger partial charge in [0.2, 0.25) is 0 Å². The lowest BCUT2D eigenvalue weighted by Gasteiger charge is -2.35. The van der Waals surface area contributed by atoms with Crippen LogP contribution in [-0.4, -0.2) is 14.7 Å². The van der Waals surface area contributed by atoms with Crippen LogP contribution in [0.3, 0.4) is 0 Å². The zero-order valence-electron chi connectivity index (χ0n) is 9.61. The lowest BCUT2D eigenvalue weighted by atomic mass is 9.77. The summed E-state index contributed by atoms with van der Waals surface area (Å²) in [6.45, 7) is 2.23. The standard InChI is InChI=1S/C12H20N2O/c1-3-10-4-6-12(15,7-5-10)11-13-8-9-14(11)2/h8-10,15H,3-7H2,1-2H3. The Labute approximate surface area is 91.1 Å². The highest BCUT2D eigenvalue weighted by Gasteiger charge is 2.37. The average molecular weight is 208 g/mol. The Bertz CT molecular complexity index is 324. The van der Waals surface area contributed by atoms with Gasteiger partial charge in [-0.25, -0.2) is 4.98 Å². The Morgan fingerprint density at radius 3 is 2.67 bits per heavy atom. The number of imidazole rings is 1. The lowest BCUT2D eigenvalue weighted by Crippen LogP contribution is -2.34. The first-order chi connectivity index (χ1) is 7.15. The lowest BCUT2D eigenvalue weighted by molar-refractivity contribution is -0.0244. The van der Waals surface area contributed by atoms with E-state index in [4.69, 9.17) is 0 Å². The summed E-state index contributed by atoms with van der Waals surface area (Å²) in [5.41, 5.74) is -0.677. The predicted molar refractivity (Wildman–Crippen MR) is 59.4 cm³/mol. The molecule has 0 radical (unpaired) electrons. The number of hydrogen-bond donors (Lipinski definition) is 1. The van der Waals surface area contributed by atoms with Crippen LogP contribution in [-0.2, 0) is 12.6 Å². The maximum Gasteiger partial charge on any atom is 0.140 e. The van der Waals surface area contributed by atoms with E-state index in [0.717, 1.165) is 37.4 Å². The molecule has 0 aromatic carbocycles. The number of aryl methyl sites for hydroxylation is 1. The van der Waals surface area contributed by atoms with Gasteiger partial charge in [-0.05, 0) is 31.6 Å². The van der Waals surface area contributed by atoms with E-state index in [1.54, 1.807) is 6.20 Å². The third-order valence-corrected chi connectivity index (χ3v) is 3.75. The molecule has 0 amide bonds. The van der Waals surface area contributed by atoms with Gasteiger partial charge >= 0.3 is 0 Å². The molecule has 1 aliphatic rings. The molecule has 0 aliphatic heterocycles. The molecular weight excluding hydrogens is 188 g/mol. The minimum Gasteiger partial charge on any atom is -0.382 e. The summed E-state index contributed by atoms with van der Waals surface area (Å²) in [5, 5.41) is 10.5. The van der Waals surface area contributed by atoms with Crippen molar-refractivity contribution in [1.29, 1.82) is 0 Å². The smallest absolute Gasteiger partial charge is 0.140 e. The average Bonchev–Trinajstić information content (AvgIpc) is 2.66. The first-order valence-electron chi connectivity index (χ1n) is 5.86. The number of aromatic nitrogens is 2. The highest BCUT2D eigenvalue weighted by molar-refractivity contribution is 5.06. The van der Waals surface area contributed by atoms with Crippen molar-refractivity contribution in [3.8, 4) is 0 Å². The van der Waals surface area contributed by atoms with E-state index >= 15 is 0 Å². The third kappa shape index (κ3) is 1.93. The number of nitrogens with zero attached hydrogens (tertiary/aromatic N) is 2. The van der Waals surface area contributed by atoms with Gasteiger partial charge in [-0.15, -0.1) is 0 Å². The molecule has 0 saturated heterocycles. The van der Waals surface area contributed by atoms with Crippen LogP contribution in [0.1, 0.15) is 44.9 Å². The molecular formula is C12H20N2O. The highest BCUT2D eigenvalue weighted by Crippen LogP contribution is 2.39. The van der Waals surface area contributed by atoms with Gasteiger partial charge in [-0.3, -0.25) is 0 Å². The van der Waals surface area contributed by atoms with E-state index in [1.165, 1.54) is 6.42 Å². The van der Waals surface area contributed by atoms with Crippen LogP contribution >= 0.6 is 0 Å². The van der Waals surface area contributed by atoms with Crippen molar-refractivity contribution >= 4 is 0 Å². The van der Waals surface area contributed by atoms with Gasteiger partial charge < -0.3 is 9.67 Å². The van der Waals surface area contributed by atoms with Crippen LogP contribution < -0.4 is 0 Å². The van der Waals surface area contributed by atoms with Crippen LogP contribution in [0.15, 0.2) is 12.4 Å². The summed E-state index contributed by atoms with van der Waals surface area (Å²) >= 11 is 0. The molecule has 84 valence electrons. The van der Waals surface area contributed by atoms with Crippen molar-refractivity contribution in [3.05, 3.63) is 18.2 Å². The van der Waals surface area contributed by atoms with Crippen molar-refractivity contribution < 1.29 is 5.11 Å². The van der Waals surface area contributed by atoms with Crippen LogP contribution in [0.5, 0.6) is 0 Å². The fourth-order valence-electron chi connectivity index (χ4n) is 2.60. The van der Waals surface area contributed by atoms with Crippen LogP contribution in [0.25, 0.3) is 0 Å². The van der Waals surface area contributed by atoms with E-state index in [9.17, 15) is 5.11 Å². The largest absolute Gasteiger partial charge is 0.382 e. The second-order valence-electron chi connectivity index (χ2n) is 4.74. The predicted octanol–water partition coefficient (Wildman–Crippen LogP) is 2.21. The minimum atomic E-state index is -0.677. The fourth-order valence-corrected chi connectivity index (χ4v) is 2.60. The second kappa shape index (κ2) is 3.97. The van der Waals surface area contributed by atoms with Crippen LogP contribution in [0.2, 0.25) is 0 Å². The third-order valence-electron chi connectivity index (χ3n) is 3.75. The van der Waals surface area contributed by atoms with E-state index in [2.05, 4.69) is 11.9 Å². The molecule has 3 nitrogen and oxygen atoms in total. The van der Waals surface area contributed by atoms with E-state index < -0.39 is 5.60 Å². The van der Waals surface area contributed by atoms with Crippen LogP contribution in [0.4, 0.5) is 0 Å². The van der Waals surface area contributed by atoms with E-state index in [0.29, 0.717) is 0 Å². The molecule has 0 spiro atoms. The zero-order chi connectivity index (χ0) is 10.9. The molecule has 15 heavy (non-hydrogen) atoms. The zero-order valence-corrected chi connectivity index (χ0v) is 9.61. The first-order valence-corrected chi connectivity index (χ1v) is 5.86. The van der Waals surface area contributed by atoms with E-state index in [1.807, 2.05) is 17.8 Å². The number of rotatable bonds is 2. The molecule has 0 atom stereocenters. The van der Waals surface area contributed by atoms with Gasteiger partial charge in [0.25, 0.3) is 0 Å². The van der Waals surface area contributed by atoms with Crippen molar-refractivity contribution in [2.24, 2.45) is 13.0 Å². The van der Waals surface area contributed by atoms with Gasteiger partial charge in [0, 0.05) is 19.4 Å². The normalized spacial score (nSPS) is 31.8. The molecule has 1 saturated carbocycles.